The number of rotatable bonds is 3. The molecular weight excluding hydrogens is 339 g/mol. The highest BCUT2D eigenvalue weighted by Gasteiger charge is 2.20. The number of hydrogen-bond donors (Lipinski definition) is 0. The minimum atomic E-state index is -0.178. The van der Waals surface area contributed by atoms with Crippen LogP contribution in [-0.2, 0) is 6.54 Å². The van der Waals surface area contributed by atoms with Crippen molar-refractivity contribution in [3.63, 3.8) is 0 Å². The van der Waals surface area contributed by atoms with Crippen molar-refractivity contribution in [2.75, 3.05) is 0 Å². The van der Waals surface area contributed by atoms with E-state index in [0.717, 1.165) is 0 Å². The van der Waals surface area contributed by atoms with Gasteiger partial charge >= 0.3 is 0 Å². The molecule has 0 N–H and O–H groups in total. The molecule has 2 rings (SSSR count). The number of hydrogen-bond acceptors (Lipinski definition) is 2. The number of aryl methyl sites for hydroxylation is 1. The molecule has 1 aromatic carbocycles. The van der Waals surface area contributed by atoms with Gasteiger partial charge in [-0.25, -0.2) is 0 Å². The zero-order valence-corrected chi connectivity index (χ0v) is 12.6. The molecular formula is C12H9BrCl2N2O. The molecule has 0 saturated heterocycles. The lowest BCUT2D eigenvalue weighted by molar-refractivity contribution is 0.102. The second-order valence-corrected chi connectivity index (χ2v) is 5.31. The first-order valence-corrected chi connectivity index (χ1v) is 6.80. The number of nitrogens with zero attached hydrogens (tertiary/aromatic N) is 2. The molecule has 0 radical (unpaired) electrons. The SMILES string of the molecule is CCn1ncc(Cl)c1C(=O)c1ccc(Cl)cc1Br. The summed E-state index contributed by atoms with van der Waals surface area (Å²) in [4.78, 5) is 12.4. The monoisotopic (exact) mass is 346 g/mol. The fourth-order valence-corrected chi connectivity index (χ4v) is 2.72. The van der Waals surface area contributed by atoms with Gasteiger partial charge in [0.25, 0.3) is 0 Å². The van der Waals surface area contributed by atoms with Crippen LogP contribution in [0.25, 0.3) is 0 Å². The molecule has 0 aliphatic heterocycles. The normalized spacial score (nSPS) is 10.7. The quantitative estimate of drug-likeness (QED) is 0.780. The molecule has 0 saturated carbocycles. The van der Waals surface area contributed by atoms with Crippen LogP contribution in [0.3, 0.4) is 0 Å². The minimum Gasteiger partial charge on any atom is -0.287 e. The Labute approximate surface area is 123 Å². The Kier molecular flexibility index (Phi) is 4.10. The maximum absolute atomic E-state index is 12.4. The molecule has 0 bridgehead atoms. The lowest BCUT2D eigenvalue weighted by atomic mass is 10.1. The third-order valence-electron chi connectivity index (χ3n) is 2.49. The van der Waals surface area contributed by atoms with E-state index in [1.807, 2.05) is 6.92 Å². The minimum absolute atomic E-state index is 0.178. The summed E-state index contributed by atoms with van der Waals surface area (Å²) in [6.45, 7) is 2.48. The van der Waals surface area contributed by atoms with Gasteiger partial charge in [0.2, 0.25) is 5.78 Å². The van der Waals surface area contributed by atoms with Gasteiger partial charge in [0.1, 0.15) is 5.69 Å². The highest BCUT2D eigenvalue weighted by Crippen LogP contribution is 2.26. The van der Waals surface area contributed by atoms with E-state index in [1.54, 1.807) is 22.9 Å². The number of ketones is 1. The van der Waals surface area contributed by atoms with Gasteiger partial charge in [-0.1, -0.05) is 23.2 Å². The largest absolute Gasteiger partial charge is 0.287 e. The van der Waals surface area contributed by atoms with Crippen LogP contribution in [0.5, 0.6) is 0 Å². The van der Waals surface area contributed by atoms with E-state index in [-0.39, 0.29) is 5.78 Å². The average Bonchev–Trinajstić information content (AvgIpc) is 2.69. The van der Waals surface area contributed by atoms with Gasteiger partial charge in [-0.05, 0) is 41.1 Å². The van der Waals surface area contributed by atoms with Crippen molar-refractivity contribution in [1.82, 2.24) is 9.78 Å². The average molecular weight is 348 g/mol. The van der Waals surface area contributed by atoms with Crippen molar-refractivity contribution >= 4 is 44.9 Å². The van der Waals surface area contributed by atoms with Gasteiger partial charge in [-0.15, -0.1) is 0 Å². The first kappa shape index (κ1) is 13.6. The van der Waals surface area contributed by atoms with Crippen molar-refractivity contribution in [2.24, 2.45) is 0 Å². The van der Waals surface area contributed by atoms with Crippen molar-refractivity contribution in [3.8, 4) is 0 Å². The van der Waals surface area contributed by atoms with Gasteiger partial charge in [0.15, 0.2) is 0 Å². The zero-order valence-electron chi connectivity index (χ0n) is 9.45. The molecule has 0 unspecified atom stereocenters. The Bertz CT molecular complexity index is 610. The van der Waals surface area contributed by atoms with Gasteiger partial charge < -0.3 is 0 Å². The molecule has 0 amide bonds. The summed E-state index contributed by atoms with van der Waals surface area (Å²) < 4.78 is 2.21. The van der Waals surface area contributed by atoms with Crippen LogP contribution < -0.4 is 0 Å². The lowest BCUT2D eigenvalue weighted by Gasteiger charge is -2.06. The molecule has 2 aromatic rings. The number of aromatic nitrogens is 2. The highest BCUT2D eigenvalue weighted by molar-refractivity contribution is 9.10. The molecule has 0 aliphatic carbocycles. The second-order valence-electron chi connectivity index (χ2n) is 3.61. The molecule has 0 fully saturated rings. The van der Waals surface area contributed by atoms with Crippen molar-refractivity contribution in [1.29, 1.82) is 0 Å². The van der Waals surface area contributed by atoms with Crippen LogP contribution >= 0.6 is 39.1 Å². The van der Waals surface area contributed by atoms with E-state index in [2.05, 4.69) is 21.0 Å². The van der Waals surface area contributed by atoms with E-state index < -0.39 is 0 Å². The van der Waals surface area contributed by atoms with Crippen molar-refractivity contribution < 1.29 is 4.79 Å². The summed E-state index contributed by atoms with van der Waals surface area (Å²) in [6, 6.07) is 5.01. The third kappa shape index (κ3) is 2.46. The van der Waals surface area contributed by atoms with Crippen molar-refractivity contribution in [2.45, 2.75) is 13.5 Å². The predicted molar refractivity (Wildman–Crippen MR) is 75.5 cm³/mol. The van der Waals surface area contributed by atoms with Gasteiger partial charge in [-0.2, -0.15) is 5.10 Å². The van der Waals surface area contributed by atoms with Gasteiger partial charge in [0.05, 0.1) is 11.2 Å². The van der Waals surface area contributed by atoms with Crippen LogP contribution in [0.1, 0.15) is 23.0 Å². The van der Waals surface area contributed by atoms with Crippen LogP contribution in [-0.4, -0.2) is 15.6 Å². The highest BCUT2D eigenvalue weighted by atomic mass is 79.9. The molecule has 6 heteroatoms. The maximum Gasteiger partial charge on any atom is 0.213 e. The Morgan fingerprint density at radius 2 is 2.17 bits per heavy atom. The topological polar surface area (TPSA) is 34.9 Å². The third-order valence-corrected chi connectivity index (χ3v) is 3.65. The van der Waals surface area contributed by atoms with Crippen LogP contribution in [0.2, 0.25) is 10.0 Å². The summed E-state index contributed by atoms with van der Waals surface area (Å²) >= 11 is 15.2. The molecule has 3 nitrogen and oxygen atoms in total. The van der Waals surface area contributed by atoms with Crippen LogP contribution in [0.15, 0.2) is 28.9 Å². The Balaban J connectivity index is 2.51. The van der Waals surface area contributed by atoms with E-state index >= 15 is 0 Å². The summed E-state index contributed by atoms with van der Waals surface area (Å²) in [7, 11) is 0. The molecule has 0 atom stereocenters. The smallest absolute Gasteiger partial charge is 0.213 e. The van der Waals surface area contributed by atoms with E-state index in [4.69, 9.17) is 23.2 Å². The molecule has 0 aliphatic rings. The molecule has 18 heavy (non-hydrogen) atoms. The number of carbonyl (C=O) groups is 1. The standard InChI is InChI=1S/C12H9BrCl2N2O/c1-2-17-11(10(15)6-16-17)12(18)8-4-3-7(14)5-9(8)13/h3-6H,2H2,1H3. The zero-order chi connectivity index (χ0) is 13.3. The molecule has 1 heterocycles. The first-order chi connectivity index (χ1) is 8.54. The fraction of sp³-hybridized carbons (Fsp3) is 0.167. The van der Waals surface area contributed by atoms with E-state index in [1.165, 1.54) is 6.20 Å². The van der Waals surface area contributed by atoms with E-state index in [0.29, 0.717) is 32.3 Å². The summed E-state index contributed by atoms with van der Waals surface area (Å²) in [5.41, 5.74) is 0.902. The lowest BCUT2D eigenvalue weighted by Crippen LogP contribution is -2.11. The summed E-state index contributed by atoms with van der Waals surface area (Å²) in [6.07, 6.45) is 1.47. The summed E-state index contributed by atoms with van der Waals surface area (Å²) in [5, 5.41) is 4.96. The number of benzene rings is 1. The Hall–Kier alpha value is -0.840. The number of carbonyl (C=O) groups excluding carboxylic acids is 1. The first-order valence-electron chi connectivity index (χ1n) is 5.25. The Morgan fingerprint density at radius 3 is 2.78 bits per heavy atom. The summed E-state index contributed by atoms with van der Waals surface area (Å²) in [5.74, 6) is -0.178. The predicted octanol–water partition coefficient (Wildman–Crippen LogP) is 4.20. The van der Waals surface area contributed by atoms with Crippen molar-refractivity contribution in [3.05, 3.63) is 50.2 Å². The van der Waals surface area contributed by atoms with E-state index in [9.17, 15) is 4.79 Å². The molecule has 1 aromatic heterocycles. The van der Waals surface area contributed by atoms with Gasteiger partial charge in [-0.3, -0.25) is 9.48 Å². The Morgan fingerprint density at radius 1 is 1.44 bits per heavy atom. The fourth-order valence-electron chi connectivity index (χ4n) is 1.63. The second kappa shape index (κ2) is 5.43. The number of halogens is 3. The molecule has 0 spiro atoms. The maximum atomic E-state index is 12.4. The molecule has 94 valence electrons. The van der Waals surface area contributed by atoms with Crippen LogP contribution in [0, 0.1) is 0 Å². The van der Waals surface area contributed by atoms with Gasteiger partial charge in [0, 0.05) is 21.6 Å². The van der Waals surface area contributed by atoms with Crippen LogP contribution in [0.4, 0.5) is 0 Å².